The van der Waals surface area contributed by atoms with Crippen LogP contribution in [-0.2, 0) is 7.05 Å². The Morgan fingerprint density at radius 1 is 1.41 bits per heavy atom. The van der Waals surface area contributed by atoms with E-state index in [1.165, 1.54) is 17.8 Å². The summed E-state index contributed by atoms with van der Waals surface area (Å²) < 4.78 is 28.6. The van der Waals surface area contributed by atoms with Gasteiger partial charge in [-0.15, -0.1) is 0 Å². The van der Waals surface area contributed by atoms with E-state index in [0.717, 1.165) is 6.07 Å². The minimum atomic E-state index is -1.07. The fourth-order valence-corrected chi connectivity index (χ4v) is 1.57. The summed E-state index contributed by atoms with van der Waals surface area (Å²) in [7, 11) is 1.54. The molecule has 0 atom stereocenters. The number of benzene rings is 1. The van der Waals surface area contributed by atoms with Crippen molar-refractivity contribution in [2.45, 2.75) is 0 Å². The average molecular weight is 260 g/mol. The number of hydrogen-bond acceptors (Lipinski definition) is 3. The minimum Gasteiger partial charge on any atom is -0.506 e. The molecule has 0 amide bonds. The first kappa shape index (κ1) is 11.7. The van der Waals surface area contributed by atoms with E-state index in [2.05, 4.69) is 5.10 Å². The Bertz CT molecular complexity index is 578. The summed E-state index contributed by atoms with van der Waals surface area (Å²) in [6, 6.07) is 2.04. The van der Waals surface area contributed by atoms with Crippen molar-refractivity contribution in [3.05, 3.63) is 28.8 Å². The molecule has 2 rings (SSSR count). The molecule has 4 nitrogen and oxygen atoms in total. The molecule has 0 aliphatic carbocycles. The zero-order valence-electron chi connectivity index (χ0n) is 8.71. The molecule has 1 aromatic heterocycles. The van der Waals surface area contributed by atoms with Crippen molar-refractivity contribution in [1.29, 1.82) is 0 Å². The smallest absolute Gasteiger partial charge is 0.157 e. The van der Waals surface area contributed by atoms with Crippen LogP contribution in [0.25, 0.3) is 11.3 Å². The number of anilines is 1. The van der Waals surface area contributed by atoms with Crippen LogP contribution in [0.1, 0.15) is 0 Å². The fraction of sp³-hybridized carbons (Fsp3) is 0.100. The fourth-order valence-electron chi connectivity index (χ4n) is 1.42. The molecule has 2 aromatic rings. The summed E-state index contributed by atoms with van der Waals surface area (Å²) in [6.45, 7) is 0. The van der Waals surface area contributed by atoms with Gasteiger partial charge in [0.1, 0.15) is 28.1 Å². The maximum absolute atomic E-state index is 13.7. The molecule has 0 saturated heterocycles. The average Bonchev–Trinajstić information content (AvgIpc) is 2.56. The van der Waals surface area contributed by atoms with E-state index < -0.39 is 28.0 Å². The van der Waals surface area contributed by atoms with Crippen molar-refractivity contribution in [2.75, 3.05) is 5.73 Å². The van der Waals surface area contributed by atoms with Crippen LogP contribution in [0, 0.1) is 11.6 Å². The molecule has 1 aromatic carbocycles. The molecular weight excluding hydrogens is 252 g/mol. The lowest BCUT2D eigenvalue weighted by Crippen LogP contribution is -1.97. The highest BCUT2D eigenvalue weighted by Crippen LogP contribution is 2.35. The number of hydrogen-bond donors (Lipinski definition) is 2. The van der Waals surface area contributed by atoms with E-state index >= 15 is 0 Å². The number of aromatic nitrogens is 2. The third-order valence-corrected chi connectivity index (χ3v) is 2.67. The van der Waals surface area contributed by atoms with Gasteiger partial charge < -0.3 is 10.8 Å². The normalized spacial score (nSPS) is 10.8. The second kappa shape index (κ2) is 3.89. The third-order valence-electron chi connectivity index (χ3n) is 2.31. The van der Waals surface area contributed by atoms with E-state index in [4.69, 9.17) is 22.4 Å². The molecule has 0 spiro atoms. The number of halogens is 3. The monoisotopic (exact) mass is 259 g/mol. The summed E-state index contributed by atoms with van der Waals surface area (Å²) in [5.41, 5.74) is 5.12. The Morgan fingerprint density at radius 3 is 2.59 bits per heavy atom. The van der Waals surface area contributed by atoms with Gasteiger partial charge in [-0.1, -0.05) is 11.6 Å². The highest BCUT2D eigenvalue weighted by molar-refractivity contribution is 6.32. The summed E-state index contributed by atoms with van der Waals surface area (Å²) in [5.74, 6) is -2.43. The molecule has 7 heteroatoms. The molecule has 0 unspecified atom stereocenters. The molecule has 17 heavy (non-hydrogen) atoms. The first-order chi connectivity index (χ1) is 7.91. The Morgan fingerprint density at radius 2 is 2.06 bits per heavy atom. The molecule has 0 saturated carbocycles. The number of rotatable bonds is 1. The Balaban J connectivity index is 2.71. The molecule has 90 valence electrons. The maximum Gasteiger partial charge on any atom is 0.157 e. The van der Waals surface area contributed by atoms with Crippen LogP contribution >= 0.6 is 11.6 Å². The third kappa shape index (κ3) is 1.80. The van der Waals surface area contributed by atoms with Gasteiger partial charge in [0.25, 0.3) is 0 Å². The van der Waals surface area contributed by atoms with Crippen molar-refractivity contribution in [2.24, 2.45) is 7.05 Å². The minimum absolute atomic E-state index is 0.0156. The van der Waals surface area contributed by atoms with E-state index in [9.17, 15) is 8.78 Å². The van der Waals surface area contributed by atoms with Gasteiger partial charge in [-0.25, -0.2) is 8.78 Å². The first-order valence-electron chi connectivity index (χ1n) is 4.58. The van der Waals surface area contributed by atoms with Crippen LogP contribution < -0.4 is 5.73 Å². The molecule has 0 aliphatic rings. The van der Waals surface area contributed by atoms with Gasteiger partial charge in [0.15, 0.2) is 5.82 Å². The Hall–Kier alpha value is -1.82. The molecule has 0 radical (unpaired) electrons. The zero-order chi connectivity index (χ0) is 12.7. The molecular formula is C10H8ClF2N3O. The Kier molecular flexibility index (Phi) is 2.66. The zero-order valence-corrected chi connectivity index (χ0v) is 9.46. The van der Waals surface area contributed by atoms with Crippen LogP contribution in [0.15, 0.2) is 12.1 Å². The maximum atomic E-state index is 13.7. The van der Waals surface area contributed by atoms with E-state index in [1.54, 1.807) is 0 Å². The lowest BCUT2D eigenvalue weighted by Gasteiger charge is -2.05. The number of aromatic hydroxyl groups is 1. The topological polar surface area (TPSA) is 64.1 Å². The summed E-state index contributed by atoms with van der Waals surface area (Å²) in [4.78, 5) is 0. The molecule has 0 fully saturated rings. The van der Waals surface area contributed by atoms with Gasteiger partial charge in [0.05, 0.1) is 5.56 Å². The second-order valence-electron chi connectivity index (χ2n) is 3.46. The SMILES string of the molecule is Cn1nc(-c2c(F)cc(O)c(Cl)c2F)cc1N. The van der Waals surface area contributed by atoms with Gasteiger partial charge in [-0.3, -0.25) is 4.68 Å². The number of phenolic OH excluding ortho intramolecular Hbond substituents is 1. The lowest BCUT2D eigenvalue weighted by molar-refractivity contribution is 0.461. The van der Waals surface area contributed by atoms with Crippen molar-refractivity contribution >= 4 is 17.4 Å². The quantitative estimate of drug-likeness (QED) is 0.773. The van der Waals surface area contributed by atoms with Crippen LogP contribution in [-0.4, -0.2) is 14.9 Å². The van der Waals surface area contributed by atoms with Gasteiger partial charge >= 0.3 is 0 Å². The number of phenols is 1. The summed E-state index contributed by atoms with van der Waals surface area (Å²) in [6.07, 6.45) is 0. The predicted molar refractivity (Wildman–Crippen MR) is 59.6 cm³/mol. The van der Waals surface area contributed by atoms with Gasteiger partial charge in [0, 0.05) is 19.2 Å². The van der Waals surface area contributed by atoms with Crippen LogP contribution in [0.4, 0.5) is 14.6 Å². The van der Waals surface area contributed by atoms with E-state index in [0.29, 0.717) is 0 Å². The van der Waals surface area contributed by atoms with E-state index in [1.807, 2.05) is 0 Å². The first-order valence-corrected chi connectivity index (χ1v) is 4.96. The van der Waals surface area contributed by atoms with Crippen LogP contribution in [0.3, 0.4) is 0 Å². The van der Waals surface area contributed by atoms with Crippen LogP contribution in [0.5, 0.6) is 5.75 Å². The van der Waals surface area contributed by atoms with Gasteiger partial charge in [-0.2, -0.15) is 5.10 Å². The largest absolute Gasteiger partial charge is 0.506 e. The molecule has 3 N–H and O–H groups in total. The highest BCUT2D eigenvalue weighted by atomic mass is 35.5. The number of nitrogen functional groups attached to an aromatic ring is 1. The van der Waals surface area contributed by atoms with Crippen molar-refractivity contribution in [1.82, 2.24) is 9.78 Å². The Labute approximate surface area is 100 Å². The number of nitrogens with two attached hydrogens (primary N) is 1. The molecule has 0 bridgehead atoms. The summed E-state index contributed by atoms with van der Waals surface area (Å²) in [5, 5.41) is 12.4. The van der Waals surface area contributed by atoms with Crippen molar-refractivity contribution in [3.63, 3.8) is 0 Å². The second-order valence-corrected chi connectivity index (χ2v) is 3.84. The van der Waals surface area contributed by atoms with Gasteiger partial charge in [0.2, 0.25) is 0 Å². The predicted octanol–water partition coefficient (Wildman–Crippen LogP) is 2.31. The van der Waals surface area contributed by atoms with Crippen LogP contribution in [0.2, 0.25) is 5.02 Å². The van der Waals surface area contributed by atoms with Gasteiger partial charge in [-0.05, 0) is 0 Å². The lowest BCUT2D eigenvalue weighted by atomic mass is 10.1. The standard InChI is InChI=1S/C10H8ClF2N3O/c1-16-7(14)3-5(15-16)8-4(12)2-6(17)9(11)10(8)13/h2-3,17H,14H2,1H3. The molecule has 0 aliphatic heterocycles. The van der Waals surface area contributed by atoms with Crippen molar-refractivity contribution < 1.29 is 13.9 Å². The van der Waals surface area contributed by atoms with E-state index in [-0.39, 0.29) is 11.5 Å². The summed E-state index contributed by atoms with van der Waals surface area (Å²) >= 11 is 5.49. The highest BCUT2D eigenvalue weighted by Gasteiger charge is 2.20. The number of nitrogens with zero attached hydrogens (tertiary/aromatic N) is 2. The van der Waals surface area contributed by atoms with Crippen molar-refractivity contribution in [3.8, 4) is 17.0 Å². The molecule has 1 heterocycles. The number of aryl methyl sites for hydroxylation is 1.